The summed E-state index contributed by atoms with van der Waals surface area (Å²) in [5.74, 6) is 0.752. The topological polar surface area (TPSA) is 41.2 Å². The van der Waals surface area contributed by atoms with Crippen molar-refractivity contribution < 1.29 is 5.48 Å². The van der Waals surface area contributed by atoms with Crippen molar-refractivity contribution in [2.24, 2.45) is 0 Å². The summed E-state index contributed by atoms with van der Waals surface area (Å²) in [6, 6.07) is 0. The zero-order valence-electron chi connectivity index (χ0n) is 9.69. The number of rotatable bonds is 3. The van der Waals surface area contributed by atoms with E-state index >= 15 is 0 Å². The highest BCUT2D eigenvalue weighted by molar-refractivity contribution is 6.18. The molecule has 8 heteroatoms. The summed E-state index contributed by atoms with van der Waals surface area (Å²) in [7, 11) is 4.19. The molecule has 2 N–H and O–H groups in total. The van der Waals surface area contributed by atoms with E-state index in [-0.39, 0.29) is 42.7 Å². The molecule has 0 aliphatic carbocycles. The minimum Gasteiger partial charge on any atom is -0.412 e. The first-order valence-corrected chi connectivity index (χ1v) is 4.98. The molecule has 1 saturated heterocycles. The molecule has 1 rings (SSSR count). The van der Waals surface area contributed by atoms with E-state index in [2.05, 4.69) is 29.0 Å². The highest BCUT2D eigenvalue weighted by Crippen LogP contribution is 2.02. The van der Waals surface area contributed by atoms with Crippen LogP contribution in [0.2, 0.25) is 0 Å². The molecular formula is C8H23Cl4N3O. The van der Waals surface area contributed by atoms with Gasteiger partial charge in [0, 0.05) is 52.7 Å². The van der Waals surface area contributed by atoms with Crippen molar-refractivity contribution in [3.05, 3.63) is 0 Å². The van der Waals surface area contributed by atoms with Gasteiger partial charge in [-0.2, -0.15) is 0 Å². The van der Waals surface area contributed by atoms with Crippen LogP contribution in [0.1, 0.15) is 0 Å². The zero-order valence-corrected chi connectivity index (χ0v) is 12.9. The van der Waals surface area contributed by atoms with Gasteiger partial charge in [-0.1, -0.05) is 0 Å². The Hall–Kier alpha value is 1.00. The van der Waals surface area contributed by atoms with Crippen LogP contribution in [0.5, 0.6) is 0 Å². The predicted molar refractivity (Wildman–Crippen MR) is 77.8 cm³/mol. The second-order valence-corrected chi connectivity index (χ2v) is 3.71. The molecule has 0 aromatic heterocycles. The van der Waals surface area contributed by atoms with Gasteiger partial charge in [-0.15, -0.1) is 48.8 Å². The number of alkyl halides is 1. The molecule has 0 radical (unpaired) electrons. The van der Waals surface area contributed by atoms with Crippen LogP contribution in [0.3, 0.4) is 0 Å². The molecule has 0 spiro atoms. The van der Waals surface area contributed by atoms with Crippen LogP contribution in [-0.2, 0) is 0 Å². The molecule has 4 nitrogen and oxygen atoms in total. The van der Waals surface area contributed by atoms with Crippen molar-refractivity contribution in [2.45, 2.75) is 0 Å². The minimum absolute atomic E-state index is 0. The second-order valence-electron chi connectivity index (χ2n) is 3.33. The zero-order chi connectivity index (χ0) is 8.97. The van der Waals surface area contributed by atoms with Crippen LogP contribution in [0.4, 0.5) is 0 Å². The van der Waals surface area contributed by atoms with Crippen LogP contribution in [0, 0.1) is 0 Å². The molecular weight excluding hydrogens is 296 g/mol. The van der Waals surface area contributed by atoms with Crippen molar-refractivity contribution in [1.82, 2.24) is 14.9 Å². The monoisotopic (exact) mass is 317 g/mol. The summed E-state index contributed by atoms with van der Waals surface area (Å²) >= 11 is 5.67. The molecule has 0 amide bonds. The number of hydrogen-bond acceptors (Lipinski definition) is 3. The van der Waals surface area contributed by atoms with Crippen LogP contribution in [0.25, 0.3) is 0 Å². The van der Waals surface area contributed by atoms with Crippen molar-refractivity contribution in [1.29, 1.82) is 0 Å². The van der Waals surface area contributed by atoms with Crippen LogP contribution >= 0.6 is 48.8 Å². The first kappa shape index (κ1) is 25.8. The van der Waals surface area contributed by atoms with E-state index in [0.717, 1.165) is 38.6 Å². The summed E-state index contributed by atoms with van der Waals surface area (Å²) in [6.07, 6.45) is 0. The lowest BCUT2D eigenvalue weighted by atomic mass is 10.3. The SMILES string of the molecule is CN(C)N1CCN(CCCl)CC1.Cl.Cl.Cl.O. The van der Waals surface area contributed by atoms with Crippen molar-refractivity contribution >= 4 is 48.8 Å². The lowest BCUT2D eigenvalue weighted by Crippen LogP contribution is -2.51. The van der Waals surface area contributed by atoms with Gasteiger partial charge >= 0.3 is 0 Å². The number of piperazine rings is 1. The molecule has 0 bridgehead atoms. The predicted octanol–water partition coefficient (Wildman–Crippen LogP) is 0.760. The number of nitrogens with zero attached hydrogens (tertiary/aromatic N) is 3. The maximum atomic E-state index is 5.67. The molecule has 0 saturated carbocycles. The lowest BCUT2D eigenvalue weighted by molar-refractivity contribution is -0.0172. The Morgan fingerprint density at radius 3 is 1.75 bits per heavy atom. The van der Waals surface area contributed by atoms with Gasteiger partial charge in [0.2, 0.25) is 0 Å². The fraction of sp³-hybridized carbons (Fsp3) is 1.00. The molecule has 0 atom stereocenters. The summed E-state index contributed by atoms with van der Waals surface area (Å²) in [5, 5.41) is 4.52. The molecule has 1 aliphatic rings. The Kier molecular flexibility index (Phi) is 22.6. The Morgan fingerprint density at radius 2 is 1.44 bits per heavy atom. The van der Waals surface area contributed by atoms with E-state index < -0.39 is 0 Å². The molecule has 1 fully saturated rings. The second kappa shape index (κ2) is 14.1. The van der Waals surface area contributed by atoms with E-state index in [4.69, 9.17) is 11.6 Å². The van der Waals surface area contributed by atoms with Crippen LogP contribution in [-0.4, -0.2) is 73.1 Å². The molecule has 1 aliphatic heterocycles. The Labute approximate surface area is 122 Å². The summed E-state index contributed by atoms with van der Waals surface area (Å²) in [4.78, 5) is 2.41. The van der Waals surface area contributed by atoms with E-state index in [1.807, 2.05) is 0 Å². The fourth-order valence-electron chi connectivity index (χ4n) is 1.48. The molecule has 0 aromatic rings. The summed E-state index contributed by atoms with van der Waals surface area (Å²) in [6.45, 7) is 5.58. The van der Waals surface area contributed by atoms with Crippen LogP contribution in [0.15, 0.2) is 0 Å². The number of hydrogen-bond donors (Lipinski definition) is 0. The number of halogens is 4. The van der Waals surface area contributed by atoms with E-state index in [0.29, 0.717) is 0 Å². The molecule has 0 aromatic carbocycles. The third-order valence-corrected chi connectivity index (χ3v) is 2.48. The highest BCUT2D eigenvalue weighted by atomic mass is 35.5. The Bertz CT molecular complexity index is 134. The van der Waals surface area contributed by atoms with E-state index in [1.165, 1.54) is 0 Å². The van der Waals surface area contributed by atoms with Crippen molar-refractivity contribution in [3.8, 4) is 0 Å². The largest absolute Gasteiger partial charge is 0.412 e. The van der Waals surface area contributed by atoms with Gasteiger partial charge in [-0.3, -0.25) is 4.90 Å². The molecule has 16 heavy (non-hydrogen) atoms. The van der Waals surface area contributed by atoms with Gasteiger partial charge < -0.3 is 5.48 Å². The first-order chi connectivity index (χ1) is 5.74. The van der Waals surface area contributed by atoms with Crippen LogP contribution < -0.4 is 0 Å². The highest BCUT2D eigenvalue weighted by Gasteiger charge is 2.16. The Morgan fingerprint density at radius 1 is 1.00 bits per heavy atom. The van der Waals surface area contributed by atoms with Gasteiger partial charge in [0.05, 0.1) is 0 Å². The molecule has 1 heterocycles. The first-order valence-electron chi connectivity index (χ1n) is 4.44. The summed E-state index contributed by atoms with van der Waals surface area (Å²) < 4.78 is 0. The smallest absolute Gasteiger partial charge is 0.0351 e. The van der Waals surface area contributed by atoms with Gasteiger partial charge in [0.1, 0.15) is 0 Å². The minimum atomic E-state index is 0. The van der Waals surface area contributed by atoms with Crippen molar-refractivity contribution in [3.63, 3.8) is 0 Å². The van der Waals surface area contributed by atoms with Gasteiger partial charge in [-0.25, -0.2) is 10.0 Å². The van der Waals surface area contributed by atoms with Gasteiger partial charge in [-0.05, 0) is 0 Å². The Balaban J connectivity index is -0.000000180. The average Bonchev–Trinajstić information content (AvgIpc) is 2.06. The molecule has 104 valence electrons. The lowest BCUT2D eigenvalue weighted by Gasteiger charge is -2.37. The molecule has 0 unspecified atom stereocenters. The average molecular weight is 319 g/mol. The fourth-order valence-corrected chi connectivity index (χ4v) is 1.72. The third kappa shape index (κ3) is 9.07. The van der Waals surface area contributed by atoms with Gasteiger partial charge in [0.25, 0.3) is 0 Å². The number of hydrazine groups is 1. The van der Waals surface area contributed by atoms with Crippen molar-refractivity contribution in [2.75, 3.05) is 52.7 Å². The normalized spacial score (nSPS) is 16.5. The standard InChI is InChI=1S/C8H18ClN3.3ClH.H2O/c1-10(2)12-7-5-11(4-3-9)6-8-12;;;;/h3-8H2,1-2H3;3*1H;1H2. The maximum Gasteiger partial charge on any atom is 0.0351 e. The van der Waals surface area contributed by atoms with Gasteiger partial charge in [0.15, 0.2) is 0 Å². The third-order valence-electron chi connectivity index (χ3n) is 2.32. The van der Waals surface area contributed by atoms with E-state index in [9.17, 15) is 0 Å². The summed E-state index contributed by atoms with van der Waals surface area (Å²) in [5.41, 5.74) is 0. The maximum absolute atomic E-state index is 5.67. The van der Waals surface area contributed by atoms with E-state index in [1.54, 1.807) is 0 Å². The quantitative estimate of drug-likeness (QED) is 0.721.